The van der Waals surface area contributed by atoms with E-state index in [0.29, 0.717) is 18.4 Å². The summed E-state index contributed by atoms with van der Waals surface area (Å²) in [5.74, 6) is 0.445. The van der Waals surface area contributed by atoms with Crippen molar-refractivity contribution >= 4 is 11.6 Å². The van der Waals surface area contributed by atoms with Crippen LogP contribution in [0.5, 0.6) is 0 Å². The highest BCUT2D eigenvalue weighted by Gasteiger charge is 2.48. The molecular weight excluding hydrogens is 351 g/mol. The largest absolute Gasteiger partial charge is 0.363 e. The molecule has 0 saturated carbocycles. The molecule has 2 heterocycles. The van der Waals surface area contributed by atoms with Gasteiger partial charge in [0.25, 0.3) is 0 Å². The first kappa shape index (κ1) is 19.0. The number of fused-ring (bicyclic) bond motifs is 1. The molecule has 2 atom stereocenters. The summed E-state index contributed by atoms with van der Waals surface area (Å²) in [7, 11) is 0. The van der Waals surface area contributed by atoms with E-state index in [4.69, 9.17) is 0 Å². The number of piperidine rings is 1. The second kappa shape index (κ2) is 7.23. The molecule has 4 rings (SSSR count). The van der Waals surface area contributed by atoms with Crippen LogP contribution in [0.3, 0.4) is 0 Å². The molecule has 2 saturated heterocycles. The molecule has 0 radical (unpaired) electrons. The Morgan fingerprint density at radius 1 is 1.18 bits per heavy atom. The van der Waals surface area contributed by atoms with Crippen LogP contribution in [0.25, 0.3) is 0 Å². The Labute approximate surface area is 167 Å². The number of hydrogen-bond acceptors (Lipinski definition) is 2. The van der Waals surface area contributed by atoms with Gasteiger partial charge in [0, 0.05) is 30.4 Å². The molecule has 148 valence electrons. The lowest BCUT2D eigenvalue weighted by Crippen LogP contribution is -2.50. The summed E-state index contributed by atoms with van der Waals surface area (Å²) in [6, 6.07) is 15.5. The fourth-order valence-corrected chi connectivity index (χ4v) is 5.14. The molecule has 2 aromatic carbocycles. The van der Waals surface area contributed by atoms with Crippen LogP contribution in [0.4, 0.5) is 10.1 Å². The minimum atomic E-state index is -0.192. The minimum absolute atomic E-state index is 0.0425. The van der Waals surface area contributed by atoms with Crippen LogP contribution in [0.2, 0.25) is 0 Å². The Balaban J connectivity index is 1.47. The van der Waals surface area contributed by atoms with Crippen LogP contribution in [0, 0.1) is 18.7 Å². The molecule has 0 bridgehead atoms. The first-order valence-electron chi connectivity index (χ1n) is 10.2. The van der Waals surface area contributed by atoms with Gasteiger partial charge in [0.1, 0.15) is 5.82 Å². The van der Waals surface area contributed by atoms with E-state index in [1.165, 1.54) is 11.6 Å². The van der Waals surface area contributed by atoms with Gasteiger partial charge in [0.15, 0.2) is 0 Å². The fourth-order valence-electron chi connectivity index (χ4n) is 5.14. The lowest BCUT2D eigenvalue weighted by atomic mass is 9.89. The molecule has 4 heteroatoms. The Bertz CT molecular complexity index is 861. The number of hydrogen-bond donors (Lipinski definition) is 0. The SMILES string of the molecule is Cc1ccc(CC(=O)N2CC[C@H]3[C@@H](C2)CC(C)(C)N3c2cccc(F)c2)cc1. The van der Waals surface area contributed by atoms with Crippen molar-refractivity contribution in [2.45, 2.75) is 51.6 Å². The number of aryl methyl sites for hydroxylation is 1. The maximum Gasteiger partial charge on any atom is 0.227 e. The topological polar surface area (TPSA) is 23.6 Å². The predicted molar refractivity (Wildman–Crippen MR) is 111 cm³/mol. The van der Waals surface area contributed by atoms with Crippen molar-refractivity contribution in [2.24, 2.45) is 5.92 Å². The second-order valence-electron chi connectivity index (χ2n) is 8.98. The Kier molecular flexibility index (Phi) is 4.90. The summed E-state index contributed by atoms with van der Waals surface area (Å²) < 4.78 is 13.8. The number of nitrogens with zero attached hydrogens (tertiary/aromatic N) is 2. The van der Waals surface area contributed by atoms with Gasteiger partial charge in [-0.3, -0.25) is 4.79 Å². The van der Waals surface area contributed by atoms with E-state index < -0.39 is 0 Å². The van der Waals surface area contributed by atoms with E-state index in [9.17, 15) is 9.18 Å². The summed E-state index contributed by atoms with van der Waals surface area (Å²) in [4.78, 5) is 17.3. The standard InChI is InChI=1S/C24H29FN2O/c1-17-7-9-18(10-8-17)13-23(28)26-12-11-22-19(16-26)15-24(2,3)27(22)21-6-4-5-20(25)14-21/h4-10,14,19,22H,11-13,15-16H2,1-3H3/t19-,22+/m1/s1. The van der Waals surface area contributed by atoms with Gasteiger partial charge in [-0.15, -0.1) is 0 Å². The monoisotopic (exact) mass is 380 g/mol. The van der Waals surface area contributed by atoms with Gasteiger partial charge in [-0.25, -0.2) is 4.39 Å². The van der Waals surface area contributed by atoms with Crippen molar-refractivity contribution in [3.63, 3.8) is 0 Å². The zero-order valence-corrected chi connectivity index (χ0v) is 17.0. The minimum Gasteiger partial charge on any atom is -0.363 e. The van der Waals surface area contributed by atoms with Crippen molar-refractivity contribution in [3.8, 4) is 0 Å². The third-order valence-electron chi connectivity index (χ3n) is 6.35. The highest BCUT2D eigenvalue weighted by atomic mass is 19.1. The Hall–Kier alpha value is -2.36. The number of rotatable bonds is 3. The molecule has 2 fully saturated rings. The van der Waals surface area contributed by atoms with Crippen LogP contribution in [-0.4, -0.2) is 35.5 Å². The maximum atomic E-state index is 13.8. The van der Waals surface area contributed by atoms with E-state index in [1.807, 2.05) is 23.1 Å². The number of halogens is 1. The summed E-state index contributed by atoms with van der Waals surface area (Å²) in [5.41, 5.74) is 3.20. The van der Waals surface area contributed by atoms with Gasteiger partial charge < -0.3 is 9.80 Å². The smallest absolute Gasteiger partial charge is 0.227 e. The van der Waals surface area contributed by atoms with Crippen molar-refractivity contribution in [2.75, 3.05) is 18.0 Å². The molecular formula is C24H29FN2O. The quantitative estimate of drug-likeness (QED) is 0.778. The normalized spacial score (nSPS) is 23.6. The van der Waals surface area contributed by atoms with Gasteiger partial charge in [-0.2, -0.15) is 0 Å². The highest BCUT2D eigenvalue weighted by Crippen LogP contribution is 2.44. The first-order chi connectivity index (χ1) is 13.3. The molecule has 1 amide bonds. The molecule has 0 N–H and O–H groups in total. The molecule has 0 aliphatic carbocycles. The zero-order chi connectivity index (χ0) is 19.9. The Morgan fingerprint density at radius 3 is 2.64 bits per heavy atom. The second-order valence-corrected chi connectivity index (χ2v) is 8.98. The van der Waals surface area contributed by atoms with Crippen LogP contribution >= 0.6 is 0 Å². The van der Waals surface area contributed by atoms with Crippen molar-refractivity contribution in [1.82, 2.24) is 4.90 Å². The van der Waals surface area contributed by atoms with E-state index in [0.717, 1.165) is 37.2 Å². The Morgan fingerprint density at radius 2 is 1.93 bits per heavy atom. The molecule has 2 aromatic rings. The maximum absolute atomic E-state index is 13.8. The van der Waals surface area contributed by atoms with Crippen molar-refractivity contribution < 1.29 is 9.18 Å². The lowest BCUT2D eigenvalue weighted by molar-refractivity contribution is -0.132. The van der Waals surface area contributed by atoms with Crippen LogP contribution in [0.15, 0.2) is 48.5 Å². The molecule has 2 aliphatic rings. The summed E-state index contributed by atoms with van der Waals surface area (Å²) >= 11 is 0. The van der Waals surface area contributed by atoms with E-state index in [-0.39, 0.29) is 17.3 Å². The lowest BCUT2D eigenvalue weighted by Gasteiger charge is -2.42. The van der Waals surface area contributed by atoms with E-state index in [2.05, 4.69) is 37.8 Å². The van der Waals surface area contributed by atoms with Crippen molar-refractivity contribution in [3.05, 3.63) is 65.5 Å². The number of carbonyl (C=O) groups excluding carboxylic acids is 1. The average molecular weight is 381 g/mol. The van der Waals surface area contributed by atoms with Crippen LogP contribution in [-0.2, 0) is 11.2 Å². The molecule has 28 heavy (non-hydrogen) atoms. The zero-order valence-electron chi connectivity index (χ0n) is 17.0. The molecule has 0 unspecified atom stereocenters. The first-order valence-corrected chi connectivity index (χ1v) is 10.2. The molecule has 0 aromatic heterocycles. The van der Waals surface area contributed by atoms with Gasteiger partial charge in [-0.05, 0) is 63.3 Å². The predicted octanol–water partition coefficient (Wildman–Crippen LogP) is 4.58. The highest BCUT2D eigenvalue weighted by molar-refractivity contribution is 5.79. The summed E-state index contributed by atoms with van der Waals surface area (Å²) in [6.45, 7) is 8.09. The third kappa shape index (κ3) is 3.65. The third-order valence-corrected chi connectivity index (χ3v) is 6.35. The molecule has 3 nitrogen and oxygen atoms in total. The number of likely N-dealkylation sites (tertiary alicyclic amines) is 1. The fraction of sp³-hybridized carbons (Fsp3) is 0.458. The van der Waals surface area contributed by atoms with E-state index >= 15 is 0 Å². The van der Waals surface area contributed by atoms with Crippen LogP contribution in [0.1, 0.15) is 37.8 Å². The van der Waals surface area contributed by atoms with Gasteiger partial charge >= 0.3 is 0 Å². The van der Waals surface area contributed by atoms with Gasteiger partial charge in [0.05, 0.1) is 6.42 Å². The van der Waals surface area contributed by atoms with Crippen molar-refractivity contribution in [1.29, 1.82) is 0 Å². The summed E-state index contributed by atoms with van der Waals surface area (Å²) in [6.07, 6.45) is 2.42. The number of carbonyl (C=O) groups is 1. The average Bonchev–Trinajstić information content (AvgIpc) is 2.92. The molecule has 2 aliphatic heterocycles. The van der Waals surface area contributed by atoms with Gasteiger partial charge in [0.2, 0.25) is 5.91 Å². The number of anilines is 1. The van der Waals surface area contributed by atoms with E-state index in [1.54, 1.807) is 12.1 Å². The molecule has 0 spiro atoms. The number of benzene rings is 2. The summed E-state index contributed by atoms with van der Waals surface area (Å²) in [5, 5.41) is 0. The van der Waals surface area contributed by atoms with Crippen LogP contribution < -0.4 is 4.90 Å². The van der Waals surface area contributed by atoms with Gasteiger partial charge in [-0.1, -0.05) is 35.9 Å². The number of amides is 1.